The Hall–Kier alpha value is -3.54. The Morgan fingerprint density at radius 2 is 1.80 bits per heavy atom. The number of carbonyl (C=O) groups is 1. The van der Waals surface area contributed by atoms with E-state index in [1.807, 2.05) is 0 Å². The number of likely N-dealkylation sites (N-methyl/N-ethyl adjacent to an activating group) is 1. The van der Waals surface area contributed by atoms with Crippen LogP contribution in [-0.2, 0) is 20.5 Å². The summed E-state index contributed by atoms with van der Waals surface area (Å²) in [6.45, 7) is 1.80. The second-order valence-corrected chi connectivity index (χ2v) is 9.90. The highest BCUT2D eigenvalue weighted by Crippen LogP contribution is 2.39. The summed E-state index contributed by atoms with van der Waals surface area (Å²) in [5.41, 5.74) is 6.92. The first-order valence-electron chi connectivity index (χ1n) is 10.6. The molecule has 1 aliphatic rings. The molecule has 2 heterocycles. The van der Waals surface area contributed by atoms with E-state index in [1.54, 1.807) is 38.4 Å². The molecule has 1 amide bonds. The molecule has 0 bridgehead atoms. The van der Waals surface area contributed by atoms with Gasteiger partial charge in [-0.2, -0.15) is 8.42 Å². The maximum absolute atomic E-state index is 15.1. The Morgan fingerprint density at radius 3 is 2.40 bits per heavy atom. The minimum absolute atomic E-state index is 0.0389. The van der Waals surface area contributed by atoms with Gasteiger partial charge in [-0.3, -0.25) is 20.8 Å². The number of carbonyl (C=O) groups excluding carboxylic acids is 1. The van der Waals surface area contributed by atoms with Crippen LogP contribution in [0.2, 0.25) is 0 Å². The van der Waals surface area contributed by atoms with Gasteiger partial charge in [0.2, 0.25) is 0 Å². The minimum atomic E-state index is -3.83. The third-order valence-electron chi connectivity index (χ3n) is 5.83. The van der Waals surface area contributed by atoms with Crippen LogP contribution in [0.1, 0.15) is 16.8 Å². The number of halogens is 1. The molecular formula is C24H25FN4O5S. The molecule has 184 valence electrons. The zero-order chi connectivity index (χ0) is 25.5. The maximum Gasteiger partial charge on any atom is 0.306 e. The molecule has 11 heteroatoms. The molecule has 1 aliphatic heterocycles. The van der Waals surface area contributed by atoms with Crippen molar-refractivity contribution in [3.63, 3.8) is 0 Å². The first kappa shape index (κ1) is 24.6. The van der Waals surface area contributed by atoms with E-state index in [2.05, 4.69) is 10.3 Å². The number of hydrogen-bond acceptors (Lipinski definition) is 8. The second-order valence-electron chi connectivity index (χ2n) is 8.32. The van der Waals surface area contributed by atoms with E-state index in [0.717, 1.165) is 6.26 Å². The summed E-state index contributed by atoms with van der Waals surface area (Å²) in [5, 5.41) is 3.17. The average molecular weight is 501 g/mol. The molecule has 3 aromatic rings. The number of hydrogen-bond donors (Lipinski definition) is 2. The van der Waals surface area contributed by atoms with Crippen molar-refractivity contribution in [1.82, 2.24) is 15.2 Å². The minimum Gasteiger partial charge on any atom is -0.497 e. The van der Waals surface area contributed by atoms with E-state index < -0.39 is 27.8 Å². The highest BCUT2D eigenvalue weighted by molar-refractivity contribution is 7.86. The van der Waals surface area contributed by atoms with Gasteiger partial charge in [-0.1, -0.05) is 6.07 Å². The summed E-state index contributed by atoms with van der Waals surface area (Å²) in [7, 11) is -0.853. The van der Waals surface area contributed by atoms with Crippen LogP contribution in [0.15, 0.2) is 54.7 Å². The molecule has 2 aromatic carbocycles. The van der Waals surface area contributed by atoms with Gasteiger partial charge in [0.05, 0.1) is 13.4 Å². The highest BCUT2D eigenvalue weighted by Gasteiger charge is 2.51. The maximum atomic E-state index is 15.1. The van der Waals surface area contributed by atoms with Crippen LogP contribution in [0.5, 0.6) is 11.5 Å². The van der Waals surface area contributed by atoms with Crippen molar-refractivity contribution in [2.24, 2.45) is 5.73 Å². The van der Waals surface area contributed by atoms with Crippen molar-refractivity contribution in [1.29, 1.82) is 0 Å². The van der Waals surface area contributed by atoms with Gasteiger partial charge >= 0.3 is 10.1 Å². The molecule has 35 heavy (non-hydrogen) atoms. The lowest BCUT2D eigenvalue weighted by Crippen LogP contribution is -2.48. The topological polar surface area (TPSA) is 124 Å². The van der Waals surface area contributed by atoms with Crippen molar-refractivity contribution in [3.05, 3.63) is 77.4 Å². The van der Waals surface area contributed by atoms with Gasteiger partial charge in [0, 0.05) is 30.6 Å². The van der Waals surface area contributed by atoms with E-state index in [-0.39, 0.29) is 23.0 Å². The molecule has 0 saturated carbocycles. The highest BCUT2D eigenvalue weighted by atomic mass is 32.2. The molecule has 1 saturated heterocycles. The SMILES string of the molecule is COc1cc(OS(C)(=O)=O)cc(-c2cc(C3(c4ccnc(C)c4)NC(N)N(C)C3=O)ccc2F)c1. The van der Waals surface area contributed by atoms with Crippen molar-refractivity contribution < 1.29 is 26.5 Å². The van der Waals surface area contributed by atoms with Gasteiger partial charge in [0.15, 0.2) is 5.54 Å². The summed E-state index contributed by atoms with van der Waals surface area (Å²) in [4.78, 5) is 19.1. The molecule has 9 nitrogen and oxygen atoms in total. The monoisotopic (exact) mass is 500 g/mol. The zero-order valence-corrected chi connectivity index (χ0v) is 20.4. The van der Waals surface area contributed by atoms with Gasteiger partial charge in [-0.15, -0.1) is 0 Å². The lowest BCUT2D eigenvalue weighted by molar-refractivity contribution is -0.131. The Labute approximate surface area is 202 Å². The summed E-state index contributed by atoms with van der Waals surface area (Å²) in [5.74, 6) is -0.679. The number of aromatic nitrogens is 1. The van der Waals surface area contributed by atoms with E-state index in [9.17, 15) is 13.2 Å². The van der Waals surface area contributed by atoms with Crippen LogP contribution in [0.25, 0.3) is 11.1 Å². The number of rotatable bonds is 6. The normalized spacial score (nSPS) is 20.2. The molecular weight excluding hydrogens is 475 g/mol. The molecule has 2 unspecified atom stereocenters. The Morgan fingerprint density at radius 1 is 1.11 bits per heavy atom. The first-order valence-corrected chi connectivity index (χ1v) is 12.4. The Kier molecular flexibility index (Phi) is 6.26. The Bertz CT molecular complexity index is 1410. The van der Waals surface area contributed by atoms with E-state index in [1.165, 1.54) is 42.3 Å². The predicted molar refractivity (Wildman–Crippen MR) is 127 cm³/mol. The van der Waals surface area contributed by atoms with E-state index in [4.69, 9.17) is 14.7 Å². The largest absolute Gasteiger partial charge is 0.497 e. The molecule has 1 fully saturated rings. The van der Waals surface area contributed by atoms with Crippen LogP contribution in [0.4, 0.5) is 4.39 Å². The quantitative estimate of drug-likeness (QED) is 0.493. The molecule has 0 radical (unpaired) electrons. The van der Waals surface area contributed by atoms with Crippen molar-refractivity contribution in [2.75, 3.05) is 20.4 Å². The number of aryl methyl sites for hydroxylation is 1. The molecule has 1 aromatic heterocycles. The number of nitrogens with two attached hydrogens (primary N) is 1. The summed E-state index contributed by atoms with van der Waals surface area (Å²) < 4.78 is 48.7. The summed E-state index contributed by atoms with van der Waals surface area (Å²) in [6, 6.07) is 12.1. The number of methoxy groups -OCH3 is 1. The standard InChI is InChI=1S/C24H25FN4O5S/c1-14-9-17(7-8-27-14)24(22(30)29(2)23(26)28-24)16-5-6-21(25)20(12-16)15-10-18(33-3)13-19(11-15)34-35(4,31)32/h5-13,23,28H,26H2,1-4H3. The molecule has 2 atom stereocenters. The number of pyridine rings is 1. The fourth-order valence-corrected chi connectivity index (χ4v) is 4.62. The van der Waals surface area contributed by atoms with Gasteiger partial charge in [-0.05, 0) is 60.0 Å². The van der Waals surface area contributed by atoms with Crippen LogP contribution < -0.4 is 20.0 Å². The fraction of sp³-hybridized carbons (Fsp3) is 0.250. The van der Waals surface area contributed by atoms with Crippen LogP contribution in [-0.4, -0.2) is 50.9 Å². The number of nitrogens with zero attached hydrogens (tertiary/aromatic N) is 2. The van der Waals surface area contributed by atoms with Gasteiger partial charge in [-0.25, -0.2) is 4.39 Å². The fourth-order valence-electron chi connectivity index (χ4n) is 4.18. The third kappa shape index (κ3) is 4.57. The summed E-state index contributed by atoms with van der Waals surface area (Å²) in [6.07, 6.45) is 1.72. The number of ether oxygens (including phenoxy) is 1. The zero-order valence-electron chi connectivity index (χ0n) is 19.6. The predicted octanol–water partition coefficient (Wildman–Crippen LogP) is 2.09. The number of amides is 1. The number of nitrogens with one attached hydrogen (secondary N) is 1. The molecule has 0 aliphatic carbocycles. The number of benzene rings is 2. The lowest BCUT2D eigenvalue weighted by Gasteiger charge is -2.29. The molecule has 3 N–H and O–H groups in total. The van der Waals surface area contributed by atoms with Crippen molar-refractivity contribution in [3.8, 4) is 22.6 Å². The smallest absolute Gasteiger partial charge is 0.306 e. The van der Waals surface area contributed by atoms with E-state index in [0.29, 0.717) is 22.4 Å². The van der Waals surface area contributed by atoms with E-state index >= 15 is 4.39 Å². The van der Waals surface area contributed by atoms with Crippen molar-refractivity contribution >= 4 is 16.0 Å². The van der Waals surface area contributed by atoms with Crippen molar-refractivity contribution in [2.45, 2.75) is 18.8 Å². The van der Waals surface area contributed by atoms with Gasteiger partial charge < -0.3 is 13.8 Å². The second kappa shape index (κ2) is 8.91. The van der Waals surface area contributed by atoms with Gasteiger partial charge in [0.1, 0.15) is 23.6 Å². The Balaban J connectivity index is 1.93. The molecule has 4 rings (SSSR count). The lowest BCUT2D eigenvalue weighted by atomic mass is 9.81. The van der Waals surface area contributed by atoms with Gasteiger partial charge in [0.25, 0.3) is 5.91 Å². The van der Waals surface area contributed by atoms with Crippen LogP contribution in [0, 0.1) is 12.7 Å². The summed E-state index contributed by atoms with van der Waals surface area (Å²) >= 11 is 0. The van der Waals surface area contributed by atoms with Crippen LogP contribution in [0.3, 0.4) is 0 Å². The van der Waals surface area contributed by atoms with Crippen LogP contribution >= 0.6 is 0 Å². The first-order chi connectivity index (χ1) is 16.4. The third-order valence-corrected chi connectivity index (χ3v) is 6.32. The molecule has 0 spiro atoms. The average Bonchev–Trinajstić information content (AvgIpc) is 3.02.